The highest BCUT2D eigenvalue weighted by Gasteiger charge is 2.23. The van der Waals surface area contributed by atoms with Crippen LogP contribution in [0.4, 0.5) is 0 Å². The standard InChI is InChI=1S/C20H23N5O/c26-20(18-7-4-8-21-18)24-13-11-23(12-14-24)16-19-22-9-10-25(19)15-17-5-2-1-3-6-17/h1-10,21H,11-16H2. The molecule has 1 amide bonds. The molecule has 6 nitrogen and oxygen atoms in total. The Labute approximate surface area is 153 Å². The molecule has 3 aromatic rings. The van der Waals surface area contributed by atoms with Gasteiger partial charge >= 0.3 is 0 Å². The Morgan fingerprint density at radius 1 is 1.00 bits per heavy atom. The molecule has 0 bridgehead atoms. The van der Waals surface area contributed by atoms with Gasteiger partial charge < -0.3 is 14.5 Å². The molecule has 1 aromatic carbocycles. The number of piperazine rings is 1. The molecular weight excluding hydrogens is 326 g/mol. The van der Waals surface area contributed by atoms with E-state index in [0.717, 1.165) is 45.1 Å². The van der Waals surface area contributed by atoms with Gasteiger partial charge in [0.25, 0.3) is 5.91 Å². The van der Waals surface area contributed by atoms with Crippen LogP contribution >= 0.6 is 0 Å². The predicted molar refractivity (Wildman–Crippen MR) is 99.7 cm³/mol. The lowest BCUT2D eigenvalue weighted by Crippen LogP contribution is -2.48. The van der Waals surface area contributed by atoms with Gasteiger partial charge in [-0.05, 0) is 17.7 Å². The van der Waals surface area contributed by atoms with E-state index < -0.39 is 0 Å². The quantitative estimate of drug-likeness (QED) is 0.768. The molecule has 6 heteroatoms. The topological polar surface area (TPSA) is 57.2 Å². The van der Waals surface area contributed by atoms with Crippen LogP contribution in [0.15, 0.2) is 61.1 Å². The lowest BCUT2D eigenvalue weighted by Gasteiger charge is -2.34. The first kappa shape index (κ1) is 16.6. The zero-order chi connectivity index (χ0) is 17.8. The first-order valence-corrected chi connectivity index (χ1v) is 8.98. The summed E-state index contributed by atoms with van der Waals surface area (Å²) in [5.41, 5.74) is 1.94. The van der Waals surface area contributed by atoms with Gasteiger partial charge in [0.05, 0.1) is 6.54 Å². The number of carbonyl (C=O) groups excluding carboxylic acids is 1. The molecule has 1 aliphatic heterocycles. The average Bonchev–Trinajstić information content (AvgIpc) is 3.35. The van der Waals surface area contributed by atoms with Gasteiger partial charge in [-0.1, -0.05) is 30.3 Å². The molecule has 1 aliphatic rings. The Bertz CT molecular complexity index is 832. The number of carbonyl (C=O) groups is 1. The Morgan fingerprint density at radius 3 is 2.54 bits per heavy atom. The number of H-pyrrole nitrogens is 1. The summed E-state index contributed by atoms with van der Waals surface area (Å²) in [6.45, 7) is 4.87. The van der Waals surface area contributed by atoms with E-state index in [1.807, 2.05) is 35.5 Å². The van der Waals surface area contributed by atoms with Crippen molar-refractivity contribution in [3.8, 4) is 0 Å². The fourth-order valence-corrected chi connectivity index (χ4v) is 3.36. The maximum Gasteiger partial charge on any atom is 0.270 e. The van der Waals surface area contributed by atoms with E-state index in [1.165, 1.54) is 5.56 Å². The van der Waals surface area contributed by atoms with Crippen molar-refractivity contribution >= 4 is 5.91 Å². The number of aromatic nitrogens is 3. The third kappa shape index (κ3) is 3.70. The minimum Gasteiger partial charge on any atom is -0.357 e. The van der Waals surface area contributed by atoms with Crippen molar-refractivity contribution in [3.63, 3.8) is 0 Å². The summed E-state index contributed by atoms with van der Waals surface area (Å²) >= 11 is 0. The first-order valence-electron chi connectivity index (χ1n) is 8.98. The van der Waals surface area contributed by atoms with Gasteiger partial charge in [-0.2, -0.15) is 0 Å². The molecule has 2 aromatic heterocycles. The molecule has 4 rings (SSSR count). The van der Waals surface area contributed by atoms with Gasteiger partial charge in [0.15, 0.2) is 0 Å². The summed E-state index contributed by atoms with van der Waals surface area (Å²) in [6, 6.07) is 14.1. The fraction of sp³-hybridized carbons (Fsp3) is 0.300. The van der Waals surface area contributed by atoms with Crippen molar-refractivity contribution in [1.29, 1.82) is 0 Å². The van der Waals surface area contributed by atoms with E-state index in [1.54, 1.807) is 6.20 Å². The number of nitrogens with one attached hydrogen (secondary N) is 1. The molecule has 0 spiro atoms. The predicted octanol–water partition coefficient (Wildman–Crippen LogP) is 2.22. The molecule has 26 heavy (non-hydrogen) atoms. The summed E-state index contributed by atoms with van der Waals surface area (Å²) in [6.07, 6.45) is 5.69. The van der Waals surface area contributed by atoms with Gasteiger partial charge in [0, 0.05) is 51.3 Å². The van der Waals surface area contributed by atoms with Crippen LogP contribution in [0.25, 0.3) is 0 Å². The first-order chi connectivity index (χ1) is 12.8. The molecule has 1 N–H and O–H groups in total. The minimum atomic E-state index is 0.0835. The summed E-state index contributed by atoms with van der Waals surface area (Å²) in [4.78, 5) is 24.2. The summed E-state index contributed by atoms with van der Waals surface area (Å²) in [5, 5.41) is 0. The van der Waals surface area contributed by atoms with Gasteiger partial charge in [-0.3, -0.25) is 9.69 Å². The van der Waals surface area contributed by atoms with E-state index in [-0.39, 0.29) is 5.91 Å². The summed E-state index contributed by atoms with van der Waals surface area (Å²) in [5.74, 6) is 1.15. The lowest BCUT2D eigenvalue weighted by atomic mass is 10.2. The molecule has 0 aliphatic carbocycles. The highest BCUT2D eigenvalue weighted by molar-refractivity contribution is 5.92. The van der Waals surface area contributed by atoms with Crippen LogP contribution in [0.2, 0.25) is 0 Å². The summed E-state index contributed by atoms with van der Waals surface area (Å²) in [7, 11) is 0. The highest BCUT2D eigenvalue weighted by Crippen LogP contribution is 2.12. The lowest BCUT2D eigenvalue weighted by molar-refractivity contribution is 0.0619. The normalized spacial score (nSPS) is 15.3. The van der Waals surface area contributed by atoms with E-state index in [0.29, 0.717) is 5.69 Å². The van der Waals surface area contributed by atoms with Crippen LogP contribution in [0.1, 0.15) is 21.9 Å². The van der Waals surface area contributed by atoms with Gasteiger partial charge in [0.2, 0.25) is 0 Å². The number of imidazole rings is 1. The maximum atomic E-state index is 12.4. The highest BCUT2D eigenvalue weighted by atomic mass is 16.2. The van der Waals surface area contributed by atoms with Crippen LogP contribution < -0.4 is 0 Å². The SMILES string of the molecule is O=C(c1ccc[nH]1)N1CCN(Cc2nccn2Cc2ccccc2)CC1. The second-order valence-electron chi connectivity index (χ2n) is 6.61. The number of rotatable bonds is 5. The molecule has 0 saturated carbocycles. The number of nitrogens with zero attached hydrogens (tertiary/aromatic N) is 4. The fourth-order valence-electron chi connectivity index (χ4n) is 3.36. The zero-order valence-corrected chi connectivity index (χ0v) is 14.7. The Hall–Kier alpha value is -2.86. The van der Waals surface area contributed by atoms with Crippen LogP contribution in [0.3, 0.4) is 0 Å². The third-order valence-corrected chi connectivity index (χ3v) is 4.85. The van der Waals surface area contributed by atoms with E-state index in [9.17, 15) is 4.79 Å². The van der Waals surface area contributed by atoms with Crippen LogP contribution in [0.5, 0.6) is 0 Å². The van der Waals surface area contributed by atoms with E-state index >= 15 is 0 Å². The molecule has 1 fully saturated rings. The molecule has 0 radical (unpaired) electrons. The monoisotopic (exact) mass is 349 g/mol. The third-order valence-electron chi connectivity index (χ3n) is 4.85. The smallest absolute Gasteiger partial charge is 0.270 e. The van der Waals surface area contributed by atoms with Crippen LogP contribution in [-0.4, -0.2) is 56.4 Å². The van der Waals surface area contributed by atoms with Crippen molar-refractivity contribution in [1.82, 2.24) is 24.3 Å². The number of hydrogen-bond acceptors (Lipinski definition) is 3. The van der Waals surface area contributed by atoms with Gasteiger partial charge in [-0.15, -0.1) is 0 Å². The second-order valence-corrected chi connectivity index (χ2v) is 6.61. The number of aromatic amines is 1. The molecule has 1 saturated heterocycles. The molecule has 0 atom stereocenters. The van der Waals surface area contributed by atoms with Crippen molar-refractivity contribution in [2.75, 3.05) is 26.2 Å². The number of hydrogen-bond donors (Lipinski definition) is 1. The number of amides is 1. The van der Waals surface area contributed by atoms with Gasteiger partial charge in [-0.25, -0.2) is 4.98 Å². The van der Waals surface area contributed by atoms with Crippen molar-refractivity contribution < 1.29 is 4.79 Å². The van der Waals surface area contributed by atoms with Crippen LogP contribution in [0, 0.1) is 0 Å². The largest absolute Gasteiger partial charge is 0.357 e. The number of benzene rings is 1. The molecular formula is C20H23N5O. The van der Waals surface area contributed by atoms with Crippen molar-refractivity contribution in [2.45, 2.75) is 13.1 Å². The van der Waals surface area contributed by atoms with E-state index in [4.69, 9.17) is 0 Å². The summed E-state index contributed by atoms with van der Waals surface area (Å²) < 4.78 is 2.20. The molecule has 134 valence electrons. The Kier molecular flexibility index (Phi) is 4.84. The van der Waals surface area contributed by atoms with Crippen molar-refractivity contribution in [2.24, 2.45) is 0 Å². The van der Waals surface area contributed by atoms with Gasteiger partial charge in [0.1, 0.15) is 11.5 Å². The van der Waals surface area contributed by atoms with E-state index in [2.05, 4.69) is 43.7 Å². The molecule has 3 heterocycles. The minimum absolute atomic E-state index is 0.0835. The Balaban J connectivity index is 1.34. The maximum absolute atomic E-state index is 12.4. The van der Waals surface area contributed by atoms with Crippen molar-refractivity contribution in [3.05, 3.63) is 78.1 Å². The Morgan fingerprint density at radius 2 is 1.81 bits per heavy atom. The second kappa shape index (κ2) is 7.58. The molecule has 0 unspecified atom stereocenters. The average molecular weight is 349 g/mol. The van der Waals surface area contributed by atoms with Crippen LogP contribution in [-0.2, 0) is 13.1 Å². The zero-order valence-electron chi connectivity index (χ0n) is 14.7.